The molecule has 0 fully saturated rings. The van der Waals surface area contributed by atoms with Crippen LogP contribution in [-0.4, -0.2) is 30.8 Å². The van der Waals surface area contributed by atoms with E-state index in [2.05, 4.69) is 15.9 Å². The number of ether oxygens (including phenoxy) is 3. The molecule has 2 aromatic rings. The first kappa shape index (κ1) is 17.6. The van der Waals surface area contributed by atoms with Crippen LogP contribution >= 0.6 is 15.9 Å². The highest BCUT2D eigenvalue weighted by Gasteiger charge is 2.21. The summed E-state index contributed by atoms with van der Waals surface area (Å²) in [6.45, 7) is 4.47. The Hall–Kier alpha value is -2.21. The Balaban J connectivity index is 1.63. The number of fused-ring (bicyclic) bond motifs is 1. The molecule has 1 aliphatic heterocycles. The highest BCUT2D eigenvalue weighted by atomic mass is 79.9. The summed E-state index contributed by atoms with van der Waals surface area (Å²) in [7, 11) is 1.76. The zero-order valence-corrected chi connectivity index (χ0v) is 16.0. The summed E-state index contributed by atoms with van der Waals surface area (Å²) in [4.78, 5) is 14.2. The Morgan fingerprint density at radius 2 is 2.00 bits per heavy atom. The molecule has 0 aromatic heterocycles. The van der Waals surface area contributed by atoms with Crippen molar-refractivity contribution in [2.75, 3.05) is 13.8 Å². The lowest BCUT2D eigenvalue weighted by Gasteiger charge is -2.23. The minimum Gasteiger partial charge on any atom is -0.480 e. The van der Waals surface area contributed by atoms with Gasteiger partial charge in [-0.1, -0.05) is 12.1 Å². The van der Waals surface area contributed by atoms with Crippen molar-refractivity contribution in [3.63, 3.8) is 0 Å². The molecule has 1 atom stereocenters. The van der Waals surface area contributed by atoms with Crippen molar-refractivity contribution < 1.29 is 19.0 Å². The second-order valence-electron chi connectivity index (χ2n) is 6.08. The topological polar surface area (TPSA) is 48.0 Å². The maximum atomic E-state index is 12.6. The molecular weight excluding hydrogens is 386 g/mol. The molecule has 25 heavy (non-hydrogen) atoms. The van der Waals surface area contributed by atoms with Gasteiger partial charge in [0.05, 0.1) is 4.47 Å². The first-order chi connectivity index (χ1) is 11.9. The van der Waals surface area contributed by atoms with Crippen molar-refractivity contribution in [2.45, 2.75) is 26.5 Å². The van der Waals surface area contributed by atoms with E-state index in [-0.39, 0.29) is 12.7 Å². The summed E-state index contributed by atoms with van der Waals surface area (Å²) < 4.78 is 17.3. The molecule has 6 heteroatoms. The van der Waals surface area contributed by atoms with E-state index in [1.807, 2.05) is 43.3 Å². The molecule has 0 radical (unpaired) electrons. The number of amides is 1. The van der Waals surface area contributed by atoms with Crippen LogP contribution in [0.1, 0.15) is 18.1 Å². The molecule has 0 saturated heterocycles. The number of hydrogen-bond acceptors (Lipinski definition) is 4. The van der Waals surface area contributed by atoms with Crippen molar-refractivity contribution >= 4 is 21.8 Å². The number of aryl methyl sites for hydroxylation is 1. The lowest BCUT2D eigenvalue weighted by Crippen LogP contribution is -2.37. The number of hydrogen-bond donors (Lipinski definition) is 0. The Labute approximate surface area is 155 Å². The van der Waals surface area contributed by atoms with E-state index in [1.54, 1.807) is 18.9 Å². The van der Waals surface area contributed by atoms with Gasteiger partial charge in [-0.05, 0) is 65.2 Å². The molecule has 0 bridgehead atoms. The summed E-state index contributed by atoms with van der Waals surface area (Å²) in [6.07, 6.45) is -0.585. The fraction of sp³-hybridized carbons (Fsp3) is 0.316. The van der Waals surface area contributed by atoms with Crippen LogP contribution in [0.2, 0.25) is 0 Å². The number of rotatable bonds is 5. The van der Waals surface area contributed by atoms with E-state index < -0.39 is 6.10 Å². The second-order valence-corrected chi connectivity index (χ2v) is 6.93. The molecule has 0 aliphatic carbocycles. The Bertz CT molecular complexity index is 793. The van der Waals surface area contributed by atoms with Gasteiger partial charge >= 0.3 is 0 Å². The van der Waals surface area contributed by atoms with Gasteiger partial charge in [-0.15, -0.1) is 0 Å². The largest absolute Gasteiger partial charge is 0.480 e. The molecule has 132 valence electrons. The number of carbonyl (C=O) groups excluding carboxylic acids is 1. The van der Waals surface area contributed by atoms with Crippen LogP contribution in [0.5, 0.6) is 17.2 Å². The number of nitrogens with zero attached hydrogens (tertiary/aromatic N) is 1. The third-order valence-electron chi connectivity index (χ3n) is 3.97. The van der Waals surface area contributed by atoms with Crippen LogP contribution in [0.3, 0.4) is 0 Å². The van der Waals surface area contributed by atoms with E-state index in [1.165, 1.54) is 0 Å². The summed E-state index contributed by atoms with van der Waals surface area (Å²) >= 11 is 3.47. The average molecular weight is 406 g/mol. The molecule has 5 nitrogen and oxygen atoms in total. The molecule has 0 saturated carbocycles. The molecule has 0 N–H and O–H groups in total. The van der Waals surface area contributed by atoms with Gasteiger partial charge in [0.25, 0.3) is 5.91 Å². The minimum absolute atomic E-state index is 0.0925. The molecule has 1 amide bonds. The first-order valence-corrected chi connectivity index (χ1v) is 8.79. The van der Waals surface area contributed by atoms with Gasteiger partial charge in [0.15, 0.2) is 17.6 Å². The van der Waals surface area contributed by atoms with Gasteiger partial charge in [0, 0.05) is 13.6 Å². The standard InChI is InChI=1S/C19H20BrNO4/c1-12-4-6-16(15(20)8-12)25-13(2)19(22)21(3)10-14-5-7-17-18(9-14)24-11-23-17/h4-9,13H,10-11H2,1-3H3/t13-/m1/s1. The van der Waals surface area contributed by atoms with Crippen molar-refractivity contribution in [2.24, 2.45) is 0 Å². The van der Waals surface area contributed by atoms with Crippen LogP contribution < -0.4 is 14.2 Å². The SMILES string of the molecule is Cc1ccc(O[C@H](C)C(=O)N(C)Cc2ccc3c(c2)OCO3)c(Br)c1. The normalized spacial score (nSPS) is 13.4. The summed E-state index contributed by atoms with van der Waals surface area (Å²) in [6, 6.07) is 11.5. The molecular formula is C19H20BrNO4. The Morgan fingerprint density at radius 1 is 1.24 bits per heavy atom. The first-order valence-electron chi connectivity index (χ1n) is 8.00. The molecule has 2 aromatic carbocycles. The maximum Gasteiger partial charge on any atom is 0.263 e. The predicted molar refractivity (Wildman–Crippen MR) is 98.0 cm³/mol. The lowest BCUT2D eigenvalue weighted by atomic mass is 10.2. The predicted octanol–water partition coefficient (Wildman–Crippen LogP) is 3.91. The number of carbonyl (C=O) groups is 1. The smallest absolute Gasteiger partial charge is 0.263 e. The van der Waals surface area contributed by atoms with Crippen LogP contribution in [0.15, 0.2) is 40.9 Å². The van der Waals surface area contributed by atoms with Crippen LogP contribution in [-0.2, 0) is 11.3 Å². The van der Waals surface area contributed by atoms with E-state index in [4.69, 9.17) is 14.2 Å². The molecule has 0 unspecified atom stereocenters. The molecule has 1 aliphatic rings. The Kier molecular flexibility index (Phi) is 5.18. The fourth-order valence-corrected chi connectivity index (χ4v) is 3.23. The van der Waals surface area contributed by atoms with Crippen molar-refractivity contribution in [3.05, 3.63) is 52.0 Å². The summed E-state index contributed by atoms with van der Waals surface area (Å²) in [5.41, 5.74) is 2.10. The fourth-order valence-electron chi connectivity index (χ4n) is 2.64. The Morgan fingerprint density at radius 3 is 2.76 bits per heavy atom. The van der Waals surface area contributed by atoms with Gasteiger partial charge in [0.2, 0.25) is 6.79 Å². The number of likely N-dealkylation sites (N-methyl/N-ethyl adjacent to an activating group) is 1. The lowest BCUT2D eigenvalue weighted by molar-refractivity contribution is -0.137. The third kappa shape index (κ3) is 4.07. The third-order valence-corrected chi connectivity index (χ3v) is 4.59. The van der Waals surface area contributed by atoms with Gasteiger partial charge < -0.3 is 19.1 Å². The second kappa shape index (κ2) is 7.35. The zero-order valence-electron chi connectivity index (χ0n) is 14.4. The molecule has 1 heterocycles. The number of halogens is 1. The van der Waals surface area contributed by atoms with E-state index >= 15 is 0 Å². The van der Waals surface area contributed by atoms with Crippen molar-refractivity contribution in [1.82, 2.24) is 4.90 Å². The maximum absolute atomic E-state index is 12.6. The van der Waals surface area contributed by atoms with E-state index in [0.29, 0.717) is 18.0 Å². The van der Waals surface area contributed by atoms with Crippen LogP contribution in [0.25, 0.3) is 0 Å². The number of benzene rings is 2. The van der Waals surface area contributed by atoms with Crippen LogP contribution in [0.4, 0.5) is 0 Å². The van der Waals surface area contributed by atoms with E-state index in [0.717, 1.165) is 21.3 Å². The molecule has 0 spiro atoms. The zero-order chi connectivity index (χ0) is 18.0. The van der Waals surface area contributed by atoms with Gasteiger partial charge in [0.1, 0.15) is 5.75 Å². The molecule has 3 rings (SSSR count). The van der Waals surface area contributed by atoms with Gasteiger partial charge in [-0.2, -0.15) is 0 Å². The highest BCUT2D eigenvalue weighted by Crippen LogP contribution is 2.33. The summed E-state index contributed by atoms with van der Waals surface area (Å²) in [5, 5.41) is 0. The van der Waals surface area contributed by atoms with Crippen molar-refractivity contribution in [3.8, 4) is 17.2 Å². The monoisotopic (exact) mass is 405 g/mol. The highest BCUT2D eigenvalue weighted by molar-refractivity contribution is 9.10. The van der Waals surface area contributed by atoms with Gasteiger partial charge in [-0.25, -0.2) is 0 Å². The van der Waals surface area contributed by atoms with Crippen molar-refractivity contribution in [1.29, 1.82) is 0 Å². The minimum atomic E-state index is -0.585. The summed E-state index contributed by atoms with van der Waals surface area (Å²) in [5.74, 6) is 2.01. The van der Waals surface area contributed by atoms with E-state index in [9.17, 15) is 4.79 Å². The van der Waals surface area contributed by atoms with Crippen LogP contribution in [0, 0.1) is 6.92 Å². The average Bonchev–Trinajstić information content (AvgIpc) is 3.04. The quantitative estimate of drug-likeness (QED) is 0.756. The van der Waals surface area contributed by atoms with Gasteiger partial charge in [-0.3, -0.25) is 4.79 Å².